The average Bonchev–Trinajstić information content (AvgIpc) is 3.24. The summed E-state index contributed by atoms with van der Waals surface area (Å²) in [6.45, 7) is 6.17. The van der Waals surface area contributed by atoms with Crippen molar-refractivity contribution in [2.45, 2.75) is 58.3 Å². The monoisotopic (exact) mass is 454 g/mol. The molecular formula is C23H27ClN6O2. The molecule has 4 heterocycles. The van der Waals surface area contributed by atoms with Crippen molar-refractivity contribution in [1.29, 1.82) is 0 Å². The van der Waals surface area contributed by atoms with Crippen molar-refractivity contribution in [3.63, 3.8) is 0 Å². The van der Waals surface area contributed by atoms with E-state index in [2.05, 4.69) is 52.4 Å². The molecule has 0 aliphatic carbocycles. The molecule has 2 aromatic heterocycles. The van der Waals surface area contributed by atoms with E-state index in [1.807, 2.05) is 10.7 Å². The van der Waals surface area contributed by atoms with E-state index in [0.29, 0.717) is 25.4 Å². The maximum atomic E-state index is 12.9. The Hall–Kier alpha value is -2.71. The molecule has 0 spiro atoms. The Morgan fingerprint density at radius 1 is 1.25 bits per heavy atom. The first kappa shape index (κ1) is 21.2. The molecular weight excluding hydrogens is 428 g/mol. The highest BCUT2D eigenvalue weighted by molar-refractivity contribution is 6.33. The van der Waals surface area contributed by atoms with Crippen LogP contribution in [0.15, 0.2) is 35.3 Å². The minimum absolute atomic E-state index is 0.101. The lowest BCUT2D eigenvalue weighted by Crippen LogP contribution is -2.36. The first-order valence-corrected chi connectivity index (χ1v) is 11.5. The highest BCUT2D eigenvalue weighted by Crippen LogP contribution is 2.30. The number of halogens is 1. The highest BCUT2D eigenvalue weighted by atomic mass is 35.5. The van der Waals surface area contributed by atoms with E-state index < -0.39 is 0 Å². The molecule has 0 saturated carbocycles. The molecule has 1 aromatic carbocycles. The van der Waals surface area contributed by atoms with Crippen LogP contribution in [0.4, 0.5) is 5.69 Å². The number of hydrogen-bond donors (Lipinski definition) is 0. The molecule has 5 rings (SSSR count). The van der Waals surface area contributed by atoms with E-state index in [4.69, 9.17) is 16.3 Å². The van der Waals surface area contributed by atoms with Crippen LogP contribution in [0.3, 0.4) is 0 Å². The van der Waals surface area contributed by atoms with Gasteiger partial charge in [-0.1, -0.05) is 41.1 Å². The van der Waals surface area contributed by atoms with Gasteiger partial charge in [-0.05, 0) is 44.2 Å². The number of anilines is 1. The van der Waals surface area contributed by atoms with Crippen LogP contribution in [0.2, 0.25) is 5.02 Å². The quantitative estimate of drug-likeness (QED) is 0.598. The summed E-state index contributed by atoms with van der Waals surface area (Å²) in [6.07, 6.45) is 4.91. The standard InChI is InChI=1S/C23H27ClN6O2/c1-15-7-3-4-8-17(15)16(2)29-19-10-11-28(14-18(19)26-27-29)20-13-25-30(23(31)22(20)24)21-9-5-6-12-32-21/h3-4,7-8,13,16,21H,5-6,9-12,14H2,1-2H3. The molecule has 1 fully saturated rings. The summed E-state index contributed by atoms with van der Waals surface area (Å²) in [6, 6.07) is 8.46. The molecule has 2 atom stereocenters. The fourth-order valence-electron chi connectivity index (χ4n) is 4.71. The Kier molecular flexibility index (Phi) is 5.73. The minimum atomic E-state index is -0.335. The van der Waals surface area contributed by atoms with Gasteiger partial charge in [0.05, 0.1) is 30.2 Å². The van der Waals surface area contributed by atoms with Crippen LogP contribution in [0, 0.1) is 6.92 Å². The molecule has 8 nitrogen and oxygen atoms in total. The van der Waals surface area contributed by atoms with Crippen molar-refractivity contribution in [3.8, 4) is 0 Å². The second-order valence-electron chi connectivity index (χ2n) is 8.55. The summed E-state index contributed by atoms with van der Waals surface area (Å²) in [4.78, 5) is 14.9. The third kappa shape index (κ3) is 3.71. The normalized spacial score (nSPS) is 19.6. The van der Waals surface area contributed by atoms with Crippen molar-refractivity contribution in [2.75, 3.05) is 18.1 Å². The fraction of sp³-hybridized carbons (Fsp3) is 0.478. The maximum absolute atomic E-state index is 12.9. The van der Waals surface area contributed by atoms with Crippen molar-refractivity contribution in [1.82, 2.24) is 24.8 Å². The van der Waals surface area contributed by atoms with Crippen molar-refractivity contribution < 1.29 is 4.74 Å². The molecule has 0 N–H and O–H groups in total. The number of benzene rings is 1. The van der Waals surface area contributed by atoms with Crippen LogP contribution in [-0.2, 0) is 17.7 Å². The van der Waals surface area contributed by atoms with Gasteiger partial charge < -0.3 is 9.64 Å². The summed E-state index contributed by atoms with van der Waals surface area (Å²) in [7, 11) is 0. The van der Waals surface area contributed by atoms with E-state index in [-0.39, 0.29) is 22.9 Å². The van der Waals surface area contributed by atoms with Gasteiger partial charge in [-0.2, -0.15) is 9.78 Å². The molecule has 2 unspecified atom stereocenters. The zero-order valence-electron chi connectivity index (χ0n) is 18.4. The summed E-state index contributed by atoms with van der Waals surface area (Å²) in [5.74, 6) is 0. The second-order valence-corrected chi connectivity index (χ2v) is 8.92. The first-order valence-electron chi connectivity index (χ1n) is 11.2. The van der Waals surface area contributed by atoms with Crippen LogP contribution < -0.4 is 10.5 Å². The van der Waals surface area contributed by atoms with Crippen LogP contribution >= 0.6 is 11.6 Å². The molecule has 0 bridgehead atoms. The van der Waals surface area contributed by atoms with Gasteiger partial charge >= 0.3 is 0 Å². The number of nitrogens with zero attached hydrogens (tertiary/aromatic N) is 6. The predicted molar refractivity (Wildman–Crippen MR) is 122 cm³/mol. The van der Waals surface area contributed by atoms with Gasteiger partial charge in [-0.25, -0.2) is 4.68 Å². The summed E-state index contributed by atoms with van der Waals surface area (Å²) >= 11 is 6.52. The Morgan fingerprint density at radius 3 is 2.88 bits per heavy atom. The second kappa shape index (κ2) is 8.67. The molecule has 168 valence electrons. The number of fused-ring (bicyclic) bond motifs is 1. The van der Waals surface area contributed by atoms with Crippen LogP contribution in [0.1, 0.15) is 61.0 Å². The molecule has 2 aliphatic heterocycles. The SMILES string of the molecule is Cc1ccccc1C(C)n1nnc2c1CCN(c1cnn(C3CCCCO3)c(=O)c1Cl)C2. The van der Waals surface area contributed by atoms with Crippen LogP contribution in [0.5, 0.6) is 0 Å². The van der Waals surface area contributed by atoms with Crippen molar-refractivity contribution in [2.24, 2.45) is 0 Å². The lowest BCUT2D eigenvalue weighted by molar-refractivity contribution is -0.0424. The van der Waals surface area contributed by atoms with E-state index in [9.17, 15) is 4.79 Å². The average molecular weight is 455 g/mol. The molecule has 0 amide bonds. The van der Waals surface area contributed by atoms with E-state index in [0.717, 1.165) is 37.1 Å². The molecule has 32 heavy (non-hydrogen) atoms. The Morgan fingerprint density at radius 2 is 2.09 bits per heavy atom. The topological polar surface area (TPSA) is 78.1 Å². The molecule has 1 saturated heterocycles. The predicted octanol–water partition coefficient (Wildman–Crippen LogP) is 3.67. The Labute approximate surface area is 191 Å². The number of hydrogen-bond acceptors (Lipinski definition) is 6. The van der Waals surface area contributed by atoms with Crippen molar-refractivity contribution in [3.05, 3.63) is 68.4 Å². The lowest BCUT2D eigenvalue weighted by atomic mass is 10.0. The number of aryl methyl sites for hydroxylation is 1. The molecule has 3 aromatic rings. The fourth-order valence-corrected chi connectivity index (χ4v) is 4.97. The number of rotatable bonds is 4. The molecule has 2 aliphatic rings. The van der Waals surface area contributed by atoms with Crippen LogP contribution in [0.25, 0.3) is 0 Å². The van der Waals surface area contributed by atoms with Gasteiger partial charge in [0.2, 0.25) is 0 Å². The lowest BCUT2D eigenvalue weighted by Gasteiger charge is -2.30. The van der Waals surface area contributed by atoms with Gasteiger partial charge in [0.25, 0.3) is 5.56 Å². The van der Waals surface area contributed by atoms with Gasteiger partial charge in [0.15, 0.2) is 6.23 Å². The summed E-state index contributed by atoms with van der Waals surface area (Å²) < 4.78 is 9.11. The van der Waals surface area contributed by atoms with E-state index >= 15 is 0 Å². The number of aromatic nitrogens is 5. The zero-order valence-corrected chi connectivity index (χ0v) is 19.1. The Bertz CT molecular complexity index is 1180. The van der Waals surface area contributed by atoms with E-state index in [1.54, 1.807) is 6.20 Å². The van der Waals surface area contributed by atoms with E-state index in [1.165, 1.54) is 15.8 Å². The largest absolute Gasteiger partial charge is 0.362 e. The van der Waals surface area contributed by atoms with Gasteiger partial charge in [0.1, 0.15) is 10.7 Å². The third-order valence-corrected chi connectivity index (χ3v) is 6.89. The smallest absolute Gasteiger partial charge is 0.290 e. The minimum Gasteiger partial charge on any atom is -0.362 e. The molecule has 9 heteroatoms. The summed E-state index contributed by atoms with van der Waals surface area (Å²) in [5.41, 5.74) is 4.85. The Balaban J connectivity index is 1.39. The summed E-state index contributed by atoms with van der Waals surface area (Å²) in [5, 5.41) is 13.5. The first-order chi connectivity index (χ1) is 15.5. The highest BCUT2D eigenvalue weighted by Gasteiger charge is 2.28. The van der Waals surface area contributed by atoms with Crippen LogP contribution in [-0.4, -0.2) is 37.9 Å². The van der Waals surface area contributed by atoms with Gasteiger partial charge in [-0.15, -0.1) is 5.10 Å². The van der Waals surface area contributed by atoms with Gasteiger partial charge in [-0.3, -0.25) is 4.79 Å². The molecule has 0 radical (unpaired) electrons. The maximum Gasteiger partial charge on any atom is 0.290 e. The van der Waals surface area contributed by atoms with Gasteiger partial charge in [0, 0.05) is 19.6 Å². The van der Waals surface area contributed by atoms with Crippen molar-refractivity contribution >= 4 is 17.3 Å². The third-order valence-electron chi connectivity index (χ3n) is 6.53. The number of ether oxygens (including phenoxy) is 1. The zero-order chi connectivity index (χ0) is 22.2.